The van der Waals surface area contributed by atoms with E-state index in [-0.39, 0.29) is 0 Å². The van der Waals surface area contributed by atoms with Gasteiger partial charge in [0.25, 0.3) is 0 Å². The summed E-state index contributed by atoms with van der Waals surface area (Å²) in [5, 5.41) is 11.0. The van der Waals surface area contributed by atoms with Gasteiger partial charge in [0.05, 0.1) is 39.6 Å². The summed E-state index contributed by atoms with van der Waals surface area (Å²) in [6, 6.07) is 12.6. The summed E-state index contributed by atoms with van der Waals surface area (Å²) in [6.45, 7) is 5.40. The number of nitriles is 1. The number of rotatable bonds is 13. The number of anilines is 1. The fraction of sp³-hybridized carbons (Fsp3) is 0.480. The van der Waals surface area contributed by atoms with Gasteiger partial charge in [0.15, 0.2) is 13.1 Å². The lowest BCUT2D eigenvalue weighted by molar-refractivity contribution is 0.170. The molecule has 1 aliphatic carbocycles. The van der Waals surface area contributed by atoms with Crippen molar-refractivity contribution in [2.24, 2.45) is 0 Å². The number of aromatic nitrogens is 1. The van der Waals surface area contributed by atoms with Gasteiger partial charge in [-0.2, -0.15) is 5.26 Å². The number of fused-ring (bicyclic) bond motifs is 2. The van der Waals surface area contributed by atoms with Gasteiger partial charge >= 0.3 is 0 Å². The standard InChI is InChI=1S/C25H33N4O4S/c1-30-11-7-28(8-12-31-2)20-5-6-22-23(16-20)34-24-17-21(15-19(18-26)25(24)27-22)29(9-13-32-3)10-14-33-4/h5-6,15-17H,7-14H2,1-4H3/q+1. The summed E-state index contributed by atoms with van der Waals surface area (Å²) in [7, 11) is 6.79. The zero-order valence-electron chi connectivity index (χ0n) is 20.4. The molecule has 0 radical (unpaired) electrons. The first kappa shape index (κ1) is 26.0. The summed E-state index contributed by atoms with van der Waals surface area (Å²) in [4.78, 5) is 8.09. The van der Waals surface area contributed by atoms with Crippen molar-refractivity contribution in [1.29, 1.82) is 5.26 Å². The summed E-state index contributed by atoms with van der Waals surface area (Å²) in [6.07, 6.45) is 0. The lowest BCUT2D eigenvalue weighted by atomic mass is 10.1. The number of hydrogen-bond donors (Lipinski definition) is 0. The third-order valence-corrected chi connectivity index (χ3v) is 6.65. The Morgan fingerprint density at radius 2 is 1.56 bits per heavy atom. The highest BCUT2D eigenvalue weighted by atomic mass is 32.1. The monoisotopic (exact) mass is 485 g/mol. The minimum atomic E-state index is 0.566. The molecule has 34 heavy (non-hydrogen) atoms. The van der Waals surface area contributed by atoms with Crippen LogP contribution in [0.1, 0.15) is 5.56 Å². The van der Waals surface area contributed by atoms with Gasteiger partial charge in [0.2, 0.25) is 5.36 Å². The molecule has 0 amide bonds. The van der Waals surface area contributed by atoms with Crippen LogP contribution in [0.25, 0.3) is 20.8 Å². The molecule has 1 heterocycles. The summed E-state index contributed by atoms with van der Waals surface area (Å²) in [5.41, 5.74) is 3.13. The molecule has 1 aromatic rings. The molecule has 0 unspecified atom stereocenters. The predicted octanol–water partition coefficient (Wildman–Crippen LogP) is 2.44. The number of nitrogens with zero attached hydrogens (tertiary/aromatic N) is 4. The van der Waals surface area contributed by atoms with Crippen molar-refractivity contribution in [2.45, 2.75) is 0 Å². The number of methoxy groups -OCH3 is 4. The van der Waals surface area contributed by atoms with Crippen molar-refractivity contribution in [2.75, 3.05) is 85.9 Å². The molecule has 0 fully saturated rings. The highest BCUT2D eigenvalue weighted by molar-refractivity contribution is 7.21. The Kier molecular flexibility index (Phi) is 10.2. The molecular weight excluding hydrogens is 452 g/mol. The lowest BCUT2D eigenvalue weighted by Crippen LogP contribution is -2.35. The van der Waals surface area contributed by atoms with Crippen LogP contribution in [-0.2, 0) is 18.9 Å². The van der Waals surface area contributed by atoms with E-state index in [2.05, 4.69) is 33.7 Å². The molecule has 0 saturated heterocycles. The van der Waals surface area contributed by atoms with E-state index in [4.69, 9.17) is 23.9 Å². The molecule has 0 spiro atoms. The van der Waals surface area contributed by atoms with E-state index < -0.39 is 0 Å². The molecule has 0 aromatic heterocycles. The average molecular weight is 486 g/mol. The van der Waals surface area contributed by atoms with Crippen molar-refractivity contribution < 1.29 is 18.9 Å². The highest BCUT2D eigenvalue weighted by Gasteiger charge is 2.16. The second-order valence-electron chi connectivity index (χ2n) is 7.76. The Hall–Kier alpha value is -2.61. The van der Waals surface area contributed by atoms with Crippen molar-refractivity contribution in [3.05, 3.63) is 41.3 Å². The van der Waals surface area contributed by atoms with Crippen LogP contribution >= 0.6 is 11.3 Å². The van der Waals surface area contributed by atoms with Gasteiger partial charge in [-0.15, -0.1) is 11.3 Å². The van der Waals surface area contributed by atoms with E-state index in [1.807, 2.05) is 12.1 Å². The molecule has 9 heteroatoms. The van der Waals surface area contributed by atoms with E-state index in [1.165, 1.54) is 0 Å². The maximum atomic E-state index is 9.86. The molecule has 1 aliphatic heterocycles. The minimum Gasteiger partial charge on any atom is -0.383 e. The Labute approximate surface area is 204 Å². The molecule has 2 aliphatic rings. The summed E-state index contributed by atoms with van der Waals surface area (Å²) in [5.74, 6) is 0. The van der Waals surface area contributed by atoms with Crippen molar-refractivity contribution in [3.63, 3.8) is 0 Å². The zero-order valence-corrected chi connectivity index (χ0v) is 21.2. The van der Waals surface area contributed by atoms with E-state index in [0.29, 0.717) is 45.1 Å². The van der Waals surface area contributed by atoms with E-state index in [1.54, 1.807) is 39.8 Å². The molecule has 0 atom stereocenters. The fourth-order valence-electron chi connectivity index (χ4n) is 3.71. The SMILES string of the molecule is COCCN(CCOC)c1cc(C#N)c2nc3ccc(=[N+](CCOC)CCOC)cc-3sc2c1. The third kappa shape index (κ3) is 6.50. The van der Waals surface area contributed by atoms with Gasteiger partial charge in [-0.25, -0.2) is 9.56 Å². The Morgan fingerprint density at radius 3 is 2.15 bits per heavy atom. The average Bonchev–Trinajstić information content (AvgIpc) is 2.86. The van der Waals surface area contributed by atoms with Gasteiger partial charge in [-0.05, 0) is 18.2 Å². The molecule has 0 N–H and O–H groups in total. The predicted molar refractivity (Wildman–Crippen MR) is 136 cm³/mol. The van der Waals surface area contributed by atoms with Crippen LogP contribution in [0.5, 0.6) is 0 Å². The molecule has 1 aromatic carbocycles. The van der Waals surface area contributed by atoms with Crippen molar-refractivity contribution in [1.82, 2.24) is 9.56 Å². The van der Waals surface area contributed by atoms with Crippen molar-refractivity contribution in [3.8, 4) is 16.6 Å². The van der Waals surface area contributed by atoms with Crippen LogP contribution in [-0.4, -0.2) is 86.0 Å². The summed E-state index contributed by atoms with van der Waals surface area (Å²) < 4.78 is 24.4. The maximum absolute atomic E-state index is 9.86. The van der Waals surface area contributed by atoms with Crippen LogP contribution in [0.4, 0.5) is 5.69 Å². The first-order chi connectivity index (χ1) is 16.6. The highest BCUT2D eigenvalue weighted by Crippen LogP contribution is 2.34. The maximum Gasteiger partial charge on any atom is 0.201 e. The molecule has 0 bridgehead atoms. The normalized spacial score (nSPS) is 11.1. The van der Waals surface area contributed by atoms with Gasteiger partial charge in [0, 0.05) is 59.3 Å². The van der Waals surface area contributed by atoms with Crippen LogP contribution < -0.4 is 14.8 Å². The van der Waals surface area contributed by atoms with Gasteiger partial charge in [-0.1, -0.05) is 0 Å². The lowest BCUT2D eigenvalue weighted by Gasteiger charge is -2.25. The van der Waals surface area contributed by atoms with Gasteiger partial charge in [0.1, 0.15) is 19.3 Å². The quantitative estimate of drug-likeness (QED) is 0.272. The second kappa shape index (κ2) is 13.3. The Balaban J connectivity index is 2.13. The van der Waals surface area contributed by atoms with E-state index in [0.717, 1.165) is 44.9 Å². The fourth-order valence-corrected chi connectivity index (χ4v) is 4.78. The Bertz CT molecular complexity index is 1140. The van der Waals surface area contributed by atoms with Crippen molar-refractivity contribution >= 4 is 27.2 Å². The largest absolute Gasteiger partial charge is 0.383 e. The zero-order chi connectivity index (χ0) is 24.3. The van der Waals surface area contributed by atoms with Crippen LogP contribution in [0.2, 0.25) is 0 Å². The number of hydrogen-bond acceptors (Lipinski definition) is 8. The Morgan fingerprint density at radius 1 is 0.912 bits per heavy atom. The molecule has 0 saturated carbocycles. The van der Waals surface area contributed by atoms with E-state index >= 15 is 0 Å². The number of benzene rings is 2. The van der Waals surface area contributed by atoms with Crippen LogP contribution in [0.15, 0.2) is 30.3 Å². The molecule has 3 rings (SSSR count). The second-order valence-corrected chi connectivity index (χ2v) is 8.85. The smallest absolute Gasteiger partial charge is 0.201 e. The van der Waals surface area contributed by atoms with Gasteiger partial charge < -0.3 is 23.8 Å². The molecule has 182 valence electrons. The summed E-state index contributed by atoms with van der Waals surface area (Å²) >= 11 is 1.65. The number of ether oxygens (including phenoxy) is 4. The first-order valence-electron chi connectivity index (χ1n) is 11.2. The van der Waals surface area contributed by atoms with Crippen LogP contribution in [0.3, 0.4) is 0 Å². The van der Waals surface area contributed by atoms with E-state index in [9.17, 15) is 5.26 Å². The molecular formula is C25H33N4O4S+. The third-order valence-electron chi connectivity index (χ3n) is 5.57. The van der Waals surface area contributed by atoms with Crippen LogP contribution in [0, 0.1) is 11.3 Å². The topological polar surface area (TPSA) is 79.9 Å². The molecule has 8 nitrogen and oxygen atoms in total. The van der Waals surface area contributed by atoms with Gasteiger partial charge in [-0.3, -0.25) is 0 Å². The first-order valence-corrected chi connectivity index (χ1v) is 12.0. The minimum absolute atomic E-state index is 0.566.